The summed E-state index contributed by atoms with van der Waals surface area (Å²) in [6.07, 6.45) is 4.50. The van der Waals surface area contributed by atoms with E-state index in [-0.39, 0.29) is 17.9 Å². The molecule has 2 fully saturated rings. The van der Waals surface area contributed by atoms with Crippen molar-refractivity contribution in [2.24, 2.45) is 5.92 Å². The van der Waals surface area contributed by atoms with Crippen LogP contribution in [0.25, 0.3) is 11.0 Å². The number of likely N-dealkylation sites (N-methyl/N-ethyl adjacent to an activating group) is 1. The molecule has 210 valence electrons. The van der Waals surface area contributed by atoms with Crippen LogP contribution >= 0.6 is 11.3 Å². The van der Waals surface area contributed by atoms with Crippen molar-refractivity contribution in [2.45, 2.75) is 90.9 Å². The summed E-state index contributed by atoms with van der Waals surface area (Å²) < 4.78 is 2.36. The lowest BCUT2D eigenvalue weighted by molar-refractivity contribution is -0.136. The molecule has 5 rings (SSSR count). The number of carbonyl (C=O) groups is 2. The largest absolute Gasteiger partial charge is 0.340 e. The summed E-state index contributed by atoms with van der Waals surface area (Å²) >= 11 is 1.75. The van der Waals surface area contributed by atoms with Crippen LogP contribution in [-0.2, 0) is 11.2 Å². The molecule has 2 aliphatic rings. The molecule has 0 aliphatic carbocycles. The zero-order chi connectivity index (χ0) is 27.7. The molecule has 39 heavy (non-hydrogen) atoms. The lowest BCUT2D eigenvalue weighted by atomic mass is 10.0. The standard InChI is InChI=1S/C31H43N5O2S/c1-6-22(7-2)36-28-12-11-21(15-26(28)32-29(36)17-25-10-9-13-39-25)30(37)33-27(14-20(4)5)31(38)35-19-23-16-24(35)18-34(23)8-3/h9-13,15,20,22-24,27H,6-8,14,16-19H2,1-5H3,(H,33,37)/t23?,24?,27-/m0/s1. The summed E-state index contributed by atoms with van der Waals surface area (Å²) in [5.74, 6) is 1.20. The van der Waals surface area contributed by atoms with Gasteiger partial charge in [-0.25, -0.2) is 4.98 Å². The number of hydrogen-bond acceptors (Lipinski definition) is 5. The van der Waals surface area contributed by atoms with Crippen LogP contribution in [-0.4, -0.2) is 68.9 Å². The summed E-state index contributed by atoms with van der Waals surface area (Å²) in [5, 5.41) is 5.22. The predicted molar refractivity (Wildman–Crippen MR) is 158 cm³/mol. The normalized spacial score (nSPS) is 20.0. The zero-order valence-corrected chi connectivity index (χ0v) is 24.8. The highest BCUT2D eigenvalue weighted by atomic mass is 32.1. The van der Waals surface area contributed by atoms with Gasteiger partial charge in [-0.3, -0.25) is 14.5 Å². The van der Waals surface area contributed by atoms with Crippen molar-refractivity contribution in [1.82, 2.24) is 24.7 Å². The minimum absolute atomic E-state index is 0.0672. The predicted octanol–water partition coefficient (Wildman–Crippen LogP) is 5.50. The number of nitrogens with zero attached hydrogens (tertiary/aromatic N) is 4. The van der Waals surface area contributed by atoms with E-state index in [1.807, 2.05) is 23.1 Å². The first-order chi connectivity index (χ1) is 18.8. The quantitative estimate of drug-likeness (QED) is 0.343. The number of hydrogen-bond donors (Lipinski definition) is 1. The molecule has 2 amide bonds. The van der Waals surface area contributed by atoms with Crippen molar-refractivity contribution in [3.8, 4) is 0 Å². The van der Waals surface area contributed by atoms with E-state index in [9.17, 15) is 9.59 Å². The number of rotatable bonds is 11. The van der Waals surface area contributed by atoms with Gasteiger partial charge in [0.25, 0.3) is 5.91 Å². The van der Waals surface area contributed by atoms with Crippen molar-refractivity contribution in [2.75, 3.05) is 19.6 Å². The highest BCUT2D eigenvalue weighted by Gasteiger charge is 2.46. The van der Waals surface area contributed by atoms with Gasteiger partial charge in [0, 0.05) is 48.1 Å². The topological polar surface area (TPSA) is 70.5 Å². The number of fused-ring (bicyclic) bond motifs is 3. The fourth-order valence-corrected chi connectivity index (χ4v) is 7.29. The van der Waals surface area contributed by atoms with Crippen LogP contribution in [0, 0.1) is 5.92 Å². The Morgan fingerprint density at radius 2 is 1.90 bits per heavy atom. The maximum atomic E-state index is 13.7. The Morgan fingerprint density at radius 1 is 1.10 bits per heavy atom. The van der Waals surface area contributed by atoms with E-state index in [0.29, 0.717) is 30.0 Å². The SMILES string of the molecule is CCC(CC)n1c(Cc2cccs2)nc2cc(C(=O)N[C@@H](CC(C)C)C(=O)N3CC4CC3CN4CC)ccc21. The van der Waals surface area contributed by atoms with Crippen molar-refractivity contribution in [3.63, 3.8) is 0 Å². The second kappa shape index (κ2) is 11.8. The number of benzene rings is 1. The van der Waals surface area contributed by atoms with Gasteiger partial charge in [-0.05, 0) is 67.8 Å². The Hall–Kier alpha value is -2.71. The number of piperazine rings is 1. The van der Waals surface area contributed by atoms with Gasteiger partial charge in [0.05, 0.1) is 11.0 Å². The molecule has 0 spiro atoms. The van der Waals surface area contributed by atoms with Crippen molar-refractivity contribution in [3.05, 3.63) is 52.0 Å². The molecule has 7 nitrogen and oxygen atoms in total. The molecule has 0 saturated carbocycles. The second-order valence-electron chi connectivity index (χ2n) is 11.6. The third kappa shape index (κ3) is 5.64. The van der Waals surface area contributed by atoms with E-state index >= 15 is 0 Å². The summed E-state index contributed by atoms with van der Waals surface area (Å²) in [6.45, 7) is 13.6. The maximum Gasteiger partial charge on any atom is 0.252 e. The highest BCUT2D eigenvalue weighted by Crippen LogP contribution is 2.32. The first-order valence-electron chi connectivity index (χ1n) is 14.7. The number of thiophene rings is 1. The highest BCUT2D eigenvalue weighted by molar-refractivity contribution is 7.09. The third-order valence-corrected chi connectivity index (χ3v) is 9.48. The first kappa shape index (κ1) is 27.8. The molecule has 8 heteroatoms. The van der Waals surface area contributed by atoms with E-state index in [4.69, 9.17) is 4.98 Å². The monoisotopic (exact) mass is 549 g/mol. The molecule has 1 N–H and O–H groups in total. The van der Waals surface area contributed by atoms with E-state index < -0.39 is 6.04 Å². The van der Waals surface area contributed by atoms with Gasteiger partial charge < -0.3 is 14.8 Å². The molecule has 2 unspecified atom stereocenters. The van der Waals surface area contributed by atoms with Gasteiger partial charge in [0.2, 0.25) is 5.91 Å². The number of amides is 2. The number of aromatic nitrogens is 2. The van der Waals surface area contributed by atoms with Gasteiger partial charge in [-0.15, -0.1) is 11.3 Å². The molecule has 3 aromatic rings. The van der Waals surface area contributed by atoms with Gasteiger partial charge in [0.1, 0.15) is 11.9 Å². The smallest absolute Gasteiger partial charge is 0.252 e. The Balaban J connectivity index is 1.38. The molecule has 2 bridgehead atoms. The molecular weight excluding hydrogens is 506 g/mol. The Kier molecular flexibility index (Phi) is 8.43. The summed E-state index contributed by atoms with van der Waals surface area (Å²) in [5.41, 5.74) is 2.46. The number of carbonyl (C=O) groups excluding carboxylic acids is 2. The molecule has 3 atom stereocenters. The van der Waals surface area contributed by atoms with Crippen LogP contribution in [0.2, 0.25) is 0 Å². The molecule has 2 aromatic heterocycles. The van der Waals surface area contributed by atoms with E-state index in [1.165, 1.54) is 4.88 Å². The van der Waals surface area contributed by atoms with Crippen molar-refractivity contribution in [1.29, 1.82) is 0 Å². The van der Waals surface area contributed by atoms with Crippen LogP contribution in [0.15, 0.2) is 35.7 Å². The average Bonchev–Trinajstić information content (AvgIpc) is 3.72. The second-order valence-corrected chi connectivity index (χ2v) is 12.6. The Morgan fingerprint density at radius 3 is 2.51 bits per heavy atom. The number of likely N-dealkylation sites (tertiary alicyclic amines) is 2. The summed E-state index contributed by atoms with van der Waals surface area (Å²) in [6, 6.07) is 10.6. The van der Waals surface area contributed by atoms with Crippen LogP contribution in [0.4, 0.5) is 0 Å². The zero-order valence-electron chi connectivity index (χ0n) is 24.0. The Labute approximate surface area is 236 Å². The summed E-state index contributed by atoms with van der Waals surface area (Å²) in [4.78, 5) is 38.0. The molecule has 0 radical (unpaired) electrons. The molecule has 2 saturated heterocycles. The molecule has 4 heterocycles. The lowest BCUT2D eigenvalue weighted by Gasteiger charge is -2.36. The fourth-order valence-electron chi connectivity index (χ4n) is 6.59. The van der Waals surface area contributed by atoms with Crippen LogP contribution in [0.5, 0.6) is 0 Å². The molecular formula is C31H43N5O2S. The molecule has 2 aliphatic heterocycles. The van der Waals surface area contributed by atoms with Gasteiger partial charge >= 0.3 is 0 Å². The van der Waals surface area contributed by atoms with Crippen LogP contribution in [0.3, 0.4) is 0 Å². The minimum atomic E-state index is -0.515. The van der Waals surface area contributed by atoms with Crippen LogP contribution < -0.4 is 5.32 Å². The molecule has 1 aromatic carbocycles. The summed E-state index contributed by atoms with van der Waals surface area (Å²) in [7, 11) is 0. The van der Waals surface area contributed by atoms with Crippen molar-refractivity contribution < 1.29 is 9.59 Å². The number of imidazole rings is 1. The minimum Gasteiger partial charge on any atom is -0.340 e. The van der Waals surface area contributed by atoms with Crippen molar-refractivity contribution >= 4 is 34.2 Å². The first-order valence-corrected chi connectivity index (χ1v) is 15.6. The number of nitrogens with one attached hydrogen (secondary N) is 1. The van der Waals surface area contributed by atoms with Gasteiger partial charge in [-0.1, -0.05) is 40.7 Å². The van der Waals surface area contributed by atoms with Gasteiger partial charge in [0.15, 0.2) is 0 Å². The van der Waals surface area contributed by atoms with E-state index in [0.717, 1.165) is 62.2 Å². The van der Waals surface area contributed by atoms with E-state index in [2.05, 4.69) is 66.9 Å². The van der Waals surface area contributed by atoms with Gasteiger partial charge in [-0.2, -0.15) is 0 Å². The lowest BCUT2D eigenvalue weighted by Crippen LogP contribution is -2.55. The van der Waals surface area contributed by atoms with E-state index in [1.54, 1.807) is 11.3 Å². The maximum absolute atomic E-state index is 13.7. The third-order valence-electron chi connectivity index (χ3n) is 8.60. The fraction of sp³-hybridized carbons (Fsp3) is 0.581. The van der Waals surface area contributed by atoms with Crippen LogP contribution in [0.1, 0.15) is 87.4 Å². The Bertz CT molecular complexity index is 1300. The average molecular weight is 550 g/mol.